The Hall–Kier alpha value is -3.23. The molecule has 0 fully saturated rings. The number of hydrogen-bond acceptors (Lipinski definition) is 5. The molecule has 9 heteroatoms. The zero-order valence-corrected chi connectivity index (χ0v) is 12.9. The maximum atomic E-state index is 12.2. The molecule has 0 saturated carbocycles. The van der Waals surface area contributed by atoms with Gasteiger partial charge >= 0.3 is 6.09 Å². The molecule has 1 aromatic carbocycles. The number of amides is 1. The normalized spacial score (nSPS) is 18.5. The van der Waals surface area contributed by atoms with E-state index in [1.807, 2.05) is 13.2 Å². The Morgan fingerprint density at radius 3 is 3.00 bits per heavy atom. The van der Waals surface area contributed by atoms with E-state index in [0.717, 1.165) is 21.6 Å². The molecule has 0 aliphatic carbocycles. The van der Waals surface area contributed by atoms with Crippen LogP contribution in [0, 0.1) is 4.91 Å². The first-order chi connectivity index (χ1) is 11.5. The van der Waals surface area contributed by atoms with Crippen LogP contribution in [0.4, 0.5) is 21.9 Å². The Balaban J connectivity index is 1.80. The minimum Gasteiger partial charge on any atom is -0.465 e. The number of nitrogens with one attached hydrogen (secondary N) is 1. The Kier molecular flexibility index (Phi) is 3.08. The van der Waals surface area contributed by atoms with Gasteiger partial charge in [-0.3, -0.25) is 15.0 Å². The van der Waals surface area contributed by atoms with Gasteiger partial charge in [0.2, 0.25) is 6.54 Å². The van der Waals surface area contributed by atoms with Gasteiger partial charge < -0.3 is 5.11 Å². The van der Waals surface area contributed by atoms with Gasteiger partial charge in [0.1, 0.15) is 0 Å². The number of anilines is 2. The molecule has 1 unspecified atom stereocenters. The van der Waals surface area contributed by atoms with E-state index in [-0.39, 0.29) is 12.5 Å². The van der Waals surface area contributed by atoms with Crippen molar-refractivity contribution in [3.8, 4) is 0 Å². The molecule has 1 amide bonds. The highest BCUT2D eigenvalue weighted by Gasteiger charge is 2.40. The molecule has 0 spiro atoms. The summed E-state index contributed by atoms with van der Waals surface area (Å²) in [7, 11) is 1.83. The van der Waals surface area contributed by atoms with E-state index in [1.54, 1.807) is 34.2 Å². The van der Waals surface area contributed by atoms with E-state index in [1.165, 1.54) is 0 Å². The molecular formula is C15H15N6O3+. The third-order valence-corrected chi connectivity index (χ3v) is 4.19. The number of aryl methyl sites for hydroxylation is 1. The lowest BCUT2D eigenvalue weighted by Crippen LogP contribution is -2.15. The fourth-order valence-electron chi connectivity index (χ4n) is 3.21. The summed E-state index contributed by atoms with van der Waals surface area (Å²) >= 11 is 0. The summed E-state index contributed by atoms with van der Waals surface area (Å²) in [6, 6.07) is 3.34. The average Bonchev–Trinajstić information content (AvgIpc) is 3.02. The molecule has 2 aromatic rings. The van der Waals surface area contributed by atoms with E-state index in [4.69, 9.17) is 5.11 Å². The first kappa shape index (κ1) is 14.4. The van der Waals surface area contributed by atoms with Gasteiger partial charge in [0, 0.05) is 40.8 Å². The summed E-state index contributed by atoms with van der Waals surface area (Å²) in [5, 5.41) is 21.7. The lowest BCUT2D eigenvalue weighted by molar-refractivity contribution is -0.452. The maximum Gasteiger partial charge on any atom is 0.409 e. The van der Waals surface area contributed by atoms with Crippen LogP contribution < -0.4 is 10.3 Å². The average molecular weight is 327 g/mol. The first-order valence-corrected chi connectivity index (χ1v) is 7.43. The second-order valence-electron chi connectivity index (χ2n) is 5.86. The van der Waals surface area contributed by atoms with Gasteiger partial charge in [-0.25, -0.2) is 4.79 Å². The summed E-state index contributed by atoms with van der Waals surface area (Å²) in [6.07, 6.45) is 4.17. The Labute approximate surface area is 136 Å². The number of benzene rings is 1. The molecule has 1 aromatic heterocycles. The third-order valence-electron chi connectivity index (χ3n) is 4.19. The van der Waals surface area contributed by atoms with E-state index < -0.39 is 6.09 Å². The molecule has 4 rings (SSSR count). The van der Waals surface area contributed by atoms with Gasteiger partial charge in [-0.15, -0.1) is 0 Å². The highest BCUT2D eigenvalue weighted by molar-refractivity contribution is 5.85. The van der Waals surface area contributed by atoms with Crippen molar-refractivity contribution in [2.45, 2.75) is 12.5 Å². The summed E-state index contributed by atoms with van der Waals surface area (Å²) in [6.45, 7) is 0.716. The molecule has 24 heavy (non-hydrogen) atoms. The lowest BCUT2D eigenvalue weighted by Gasteiger charge is -2.16. The van der Waals surface area contributed by atoms with Crippen LogP contribution in [0.2, 0.25) is 0 Å². The Bertz CT molecular complexity index is 887. The Morgan fingerprint density at radius 1 is 1.46 bits per heavy atom. The predicted molar refractivity (Wildman–Crippen MR) is 86.9 cm³/mol. The van der Waals surface area contributed by atoms with Crippen molar-refractivity contribution in [3.05, 3.63) is 40.6 Å². The van der Waals surface area contributed by atoms with Gasteiger partial charge in [-0.1, -0.05) is 0 Å². The zero-order valence-electron chi connectivity index (χ0n) is 12.9. The van der Waals surface area contributed by atoms with Crippen LogP contribution in [0.5, 0.6) is 0 Å². The lowest BCUT2D eigenvalue weighted by atomic mass is 9.96. The molecule has 0 radical (unpaired) electrons. The number of hydrazone groups is 1. The van der Waals surface area contributed by atoms with Crippen molar-refractivity contribution in [1.82, 2.24) is 9.78 Å². The minimum atomic E-state index is -1.16. The maximum absolute atomic E-state index is 12.2. The Morgan fingerprint density at radius 2 is 2.29 bits per heavy atom. The smallest absolute Gasteiger partial charge is 0.409 e. The summed E-state index contributed by atoms with van der Waals surface area (Å²) in [4.78, 5) is 23.1. The van der Waals surface area contributed by atoms with Crippen molar-refractivity contribution >= 4 is 29.4 Å². The molecule has 2 aliphatic rings. The number of carboxylic acid groups (broad SMARTS) is 1. The van der Waals surface area contributed by atoms with Crippen LogP contribution in [0.3, 0.4) is 0 Å². The summed E-state index contributed by atoms with van der Waals surface area (Å²) in [5.41, 5.74) is 3.50. The quantitative estimate of drug-likeness (QED) is 0.822. The second kappa shape index (κ2) is 5.15. The van der Waals surface area contributed by atoms with Crippen molar-refractivity contribution in [1.29, 1.82) is 0 Å². The molecule has 0 saturated heterocycles. The van der Waals surface area contributed by atoms with Gasteiger partial charge in [0.05, 0.1) is 30.0 Å². The van der Waals surface area contributed by atoms with Crippen LogP contribution >= 0.6 is 0 Å². The fraction of sp³-hybridized carbons (Fsp3) is 0.267. The van der Waals surface area contributed by atoms with E-state index >= 15 is 0 Å². The molecular weight excluding hydrogens is 312 g/mol. The molecule has 2 aliphatic heterocycles. The molecule has 2 N–H and O–H groups in total. The van der Waals surface area contributed by atoms with Gasteiger partial charge in [-0.2, -0.15) is 10.2 Å². The summed E-state index contributed by atoms with van der Waals surface area (Å²) < 4.78 is 2.58. The van der Waals surface area contributed by atoms with Crippen molar-refractivity contribution in [2.75, 3.05) is 16.9 Å². The van der Waals surface area contributed by atoms with Crippen molar-refractivity contribution in [3.63, 3.8) is 0 Å². The highest BCUT2D eigenvalue weighted by Crippen LogP contribution is 2.41. The molecule has 3 heterocycles. The molecule has 9 nitrogen and oxygen atoms in total. The molecule has 1 atom stereocenters. The SMILES string of the molecule is Cn1cc(N2Cc3cc(NC(=O)O)cc4c3C(C=N2)C[N+]4=O)cn1. The standard InChI is InChI=1S/C15H14N6O3/c1-19-8-12(5-16-19)20-6-9-2-11(18-15(22)23)3-13-14(9)10(4-17-20)7-21(13)24/h2-5,8,10,18H,6-7H2,1H3/p+1. The van der Waals surface area contributed by atoms with Crippen LogP contribution in [-0.4, -0.2) is 38.5 Å². The van der Waals surface area contributed by atoms with Crippen LogP contribution in [-0.2, 0) is 13.6 Å². The van der Waals surface area contributed by atoms with Gasteiger partial charge in [-0.05, 0) is 11.6 Å². The minimum absolute atomic E-state index is 0.104. The van der Waals surface area contributed by atoms with Crippen molar-refractivity contribution < 1.29 is 14.7 Å². The second-order valence-corrected chi connectivity index (χ2v) is 5.86. The number of aromatic nitrogens is 2. The number of carbonyl (C=O) groups is 1. The highest BCUT2D eigenvalue weighted by atomic mass is 16.4. The van der Waals surface area contributed by atoms with Gasteiger partial charge in [0.15, 0.2) is 0 Å². The topological polar surface area (TPSA) is 103 Å². The van der Waals surface area contributed by atoms with Crippen LogP contribution in [0.25, 0.3) is 0 Å². The fourth-order valence-corrected chi connectivity index (χ4v) is 3.21. The van der Waals surface area contributed by atoms with Crippen LogP contribution in [0.15, 0.2) is 29.6 Å². The zero-order chi connectivity index (χ0) is 16.8. The third kappa shape index (κ3) is 2.30. The molecule has 0 bridgehead atoms. The monoisotopic (exact) mass is 327 g/mol. The first-order valence-electron chi connectivity index (χ1n) is 7.43. The van der Waals surface area contributed by atoms with E-state index in [2.05, 4.69) is 15.5 Å². The number of nitroso groups, excluding NO2 is 1. The largest absolute Gasteiger partial charge is 0.465 e. The van der Waals surface area contributed by atoms with E-state index in [0.29, 0.717) is 17.9 Å². The number of nitrogens with zero attached hydrogens (tertiary/aromatic N) is 5. The number of rotatable bonds is 2. The molecule has 122 valence electrons. The summed E-state index contributed by atoms with van der Waals surface area (Å²) in [5.74, 6) is -0.104. The van der Waals surface area contributed by atoms with Gasteiger partial charge in [0.25, 0.3) is 5.69 Å². The number of hydrogen-bond donors (Lipinski definition) is 2. The van der Waals surface area contributed by atoms with E-state index in [9.17, 15) is 9.70 Å². The predicted octanol–water partition coefficient (Wildman–Crippen LogP) is 2.02. The van der Waals surface area contributed by atoms with Crippen LogP contribution in [0.1, 0.15) is 17.0 Å². The van der Waals surface area contributed by atoms with Crippen molar-refractivity contribution in [2.24, 2.45) is 12.1 Å².